The van der Waals surface area contributed by atoms with Crippen LogP contribution in [0.2, 0.25) is 0 Å². The maximum Gasteiger partial charge on any atom is 0.137 e. The third-order valence-electron chi connectivity index (χ3n) is 3.96. The Morgan fingerprint density at radius 3 is 3.10 bits per heavy atom. The molecule has 100 valence electrons. The molecule has 0 fully saturated rings. The van der Waals surface area contributed by atoms with Gasteiger partial charge >= 0.3 is 0 Å². The number of nitrogen functional groups attached to an aromatic ring is 1. The van der Waals surface area contributed by atoms with Crippen molar-refractivity contribution in [3.8, 4) is 0 Å². The van der Waals surface area contributed by atoms with Crippen LogP contribution in [-0.4, -0.2) is 11.5 Å². The fourth-order valence-corrected chi connectivity index (χ4v) is 3.73. The third-order valence-corrected chi connectivity index (χ3v) is 4.84. The molecule has 4 rings (SSSR count). The number of thiophene rings is 1. The highest BCUT2D eigenvalue weighted by Gasteiger charge is 2.20. The van der Waals surface area contributed by atoms with Crippen molar-refractivity contribution in [3.63, 3.8) is 0 Å². The molecule has 0 spiro atoms. The zero-order chi connectivity index (χ0) is 13.5. The number of nitrogens with two attached hydrogens (primary N) is 1. The standard InChI is InChI=1S/C16H15N3S/c17-14-3-1-2-11-10-19(8-5-12(11)14)16-13-6-9-20-15(13)4-7-18-16/h1-4,6-7,9H,5,8,10,17H2. The van der Waals surface area contributed by atoms with E-state index < -0.39 is 0 Å². The third kappa shape index (κ3) is 1.76. The minimum atomic E-state index is 0.891. The number of anilines is 2. The van der Waals surface area contributed by atoms with Crippen LogP contribution < -0.4 is 10.6 Å². The van der Waals surface area contributed by atoms with Gasteiger partial charge in [-0.2, -0.15) is 0 Å². The van der Waals surface area contributed by atoms with Gasteiger partial charge in [-0.15, -0.1) is 11.3 Å². The zero-order valence-electron chi connectivity index (χ0n) is 11.0. The molecular weight excluding hydrogens is 266 g/mol. The van der Waals surface area contributed by atoms with Crippen LogP contribution in [0.5, 0.6) is 0 Å². The van der Waals surface area contributed by atoms with Crippen molar-refractivity contribution in [1.29, 1.82) is 0 Å². The predicted octanol–water partition coefficient (Wildman–Crippen LogP) is 3.44. The molecule has 4 heteroatoms. The van der Waals surface area contributed by atoms with E-state index in [4.69, 9.17) is 5.73 Å². The maximum atomic E-state index is 6.07. The lowest BCUT2D eigenvalue weighted by Gasteiger charge is -2.30. The van der Waals surface area contributed by atoms with Gasteiger partial charge in [0.2, 0.25) is 0 Å². The molecule has 0 bridgehead atoms. The van der Waals surface area contributed by atoms with Crippen molar-refractivity contribution in [2.45, 2.75) is 13.0 Å². The molecule has 0 amide bonds. The van der Waals surface area contributed by atoms with Crippen LogP contribution in [0.25, 0.3) is 10.1 Å². The Hall–Kier alpha value is -2.07. The number of pyridine rings is 1. The number of hydrogen-bond acceptors (Lipinski definition) is 4. The van der Waals surface area contributed by atoms with Gasteiger partial charge < -0.3 is 10.6 Å². The summed E-state index contributed by atoms with van der Waals surface area (Å²) >= 11 is 1.77. The first-order valence-corrected chi connectivity index (χ1v) is 7.64. The number of aromatic nitrogens is 1. The van der Waals surface area contributed by atoms with E-state index in [1.54, 1.807) is 11.3 Å². The highest BCUT2D eigenvalue weighted by atomic mass is 32.1. The van der Waals surface area contributed by atoms with E-state index in [1.807, 2.05) is 18.3 Å². The Bertz CT molecular complexity index is 778. The molecule has 0 radical (unpaired) electrons. The fourth-order valence-electron chi connectivity index (χ4n) is 2.95. The van der Waals surface area contributed by atoms with Crippen molar-refractivity contribution in [1.82, 2.24) is 4.98 Å². The quantitative estimate of drug-likeness (QED) is 0.695. The first-order valence-electron chi connectivity index (χ1n) is 6.76. The van der Waals surface area contributed by atoms with Gasteiger partial charge in [-0.25, -0.2) is 4.98 Å². The molecule has 1 aliphatic rings. The zero-order valence-corrected chi connectivity index (χ0v) is 11.9. The smallest absolute Gasteiger partial charge is 0.137 e. The summed E-state index contributed by atoms with van der Waals surface area (Å²) in [7, 11) is 0. The van der Waals surface area contributed by atoms with Gasteiger partial charge in [0.15, 0.2) is 0 Å². The summed E-state index contributed by atoms with van der Waals surface area (Å²) in [5.41, 5.74) is 9.62. The molecule has 0 atom stereocenters. The second kappa shape index (κ2) is 4.49. The van der Waals surface area contributed by atoms with E-state index in [0.717, 1.165) is 31.0 Å². The number of fused-ring (bicyclic) bond motifs is 2. The van der Waals surface area contributed by atoms with E-state index in [-0.39, 0.29) is 0 Å². The van der Waals surface area contributed by atoms with Crippen LogP contribution in [0.4, 0.5) is 11.5 Å². The molecule has 0 aliphatic carbocycles. The number of rotatable bonds is 1. The highest BCUT2D eigenvalue weighted by molar-refractivity contribution is 7.17. The lowest BCUT2D eigenvalue weighted by Crippen LogP contribution is -2.31. The molecule has 3 aromatic rings. The van der Waals surface area contributed by atoms with Crippen LogP contribution in [0.15, 0.2) is 41.9 Å². The fraction of sp³-hybridized carbons (Fsp3) is 0.188. The lowest BCUT2D eigenvalue weighted by atomic mass is 9.98. The molecular formula is C16H15N3S. The largest absolute Gasteiger partial charge is 0.398 e. The Morgan fingerprint density at radius 2 is 2.15 bits per heavy atom. The summed E-state index contributed by atoms with van der Waals surface area (Å²) in [5, 5.41) is 3.39. The predicted molar refractivity (Wildman–Crippen MR) is 85.2 cm³/mol. The van der Waals surface area contributed by atoms with E-state index >= 15 is 0 Å². The molecule has 1 aliphatic heterocycles. The molecule has 3 heterocycles. The van der Waals surface area contributed by atoms with Crippen LogP contribution in [-0.2, 0) is 13.0 Å². The molecule has 2 aromatic heterocycles. The van der Waals surface area contributed by atoms with Crippen molar-refractivity contribution in [2.75, 3.05) is 17.2 Å². The Kier molecular flexibility index (Phi) is 2.63. The Labute approximate surface area is 121 Å². The van der Waals surface area contributed by atoms with Crippen molar-refractivity contribution >= 4 is 32.9 Å². The first-order chi connectivity index (χ1) is 9.83. The van der Waals surface area contributed by atoms with Gasteiger partial charge in [0.25, 0.3) is 0 Å². The second-order valence-electron chi connectivity index (χ2n) is 5.12. The SMILES string of the molecule is Nc1cccc2c1CCN(c1nccc3sccc13)C2. The van der Waals surface area contributed by atoms with Crippen molar-refractivity contribution in [2.24, 2.45) is 0 Å². The van der Waals surface area contributed by atoms with Gasteiger partial charge in [0, 0.05) is 35.1 Å². The van der Waals surface area contributed by atoms with Gasteiger partial charge in [0.05, 0.1) is 0 Å². The van der Waals surface area contributed by atoms with Gasteiger partial charge in [-0.1, -0.05) is 12.1 Å². The Morgan fingerprint density at radius 1 is 1.20 bits per heavy atom. The molecule has 3 nitrogen and oxygen atoms in total. The average Bonchev–Trinajstić information content (AvgIpc) is 2.95. The summed E-state index contributed by atoms with van der Waals surface area (Å²) in [6.07, 6.45) is 2.90. The minimum Gasteiger partial charge on any atom is -0.398 e. The van der Waals surface area contributed by atoms with Crippen LogP contribution in [0, 0.1) is 0 Å². The van der Waals surface area contributed by atoms with Crippen LogP contribution in [0.1, 0.15) is 11.1 Å². The average molecular weight is 281 g/mol. The normalized spacial score (nSPS) is 14.5. The summed E-state index contributed by atoms with van der Waals surface area (Å²) in [5.74, 6) is 1.09. The summed E-state index contributed by atoms with van der Waals surface area (Å²) in [6.45, 7) is 1.87. The van der Waals surface area contributed by atoms with E-state index in [1.165, 1.54) is 21.2 Å². The highest BCUT2D eigenvalue weighted by Crippen LogP contribution is 2.32. The lowest BCUT2D eigenvalue weighted by molar-refractivity contribution is 0.726. The number of hydrogen-bond donors (Lipinski definition) is 1. The van der Waals surface area contributed by atoms with E-state index in [0.29, 0.717) is 0 Å². The molecule has 2 N–H and O–H groups in total. The number of nitrogens with zero attached hydrogens (tertiary/aromatic N) is 2. The molecule has 0 saturated carbocycles. The molecule has 0 unspecified atom stereocenters. The molecule has 0 saturated heterocycles. The monoisotopic (exact) mass is 281 g/mol. The second-order valence-corrected chi connectivity index (χ2v) is 6.07. The molecule has 20 heavy (non-hydrogen) atoms. The Balaban J connectivity index is 1.77. The van der Waals surface area contributed by atoms with E-state index in [9.17, 15) is 0 Å². The minimum absolute atomic E-state index is 0.891. The van der Waals surface area contributed by atoms with Crippen molar-refractivity contribution in [3.05, 3.63) is 53.0 Å². The topological polar surface area (TPSA) is 42.1 Å². The van der Waals surface area contributed by atoms with Gasteiger partial charge in [-0.3, -0.25) is 0 Å². The van der Waals surface area contributed by atoms with Crippen LogP contribution >= 0.6 is 11.3 Å². The summed E-state index contributed by atoms with van der Waals surface area (Å²) in [6, 6.07) is 10.4. The van der Waals surface area contributed by atoms with Crippen LogP contribution in [0.3, 0.4) is 0 Å². The number of benzene rings is 1. The summed E-state index contributed by atoms with van der Waals surface area (Å²) in [4.78, 5) is 6.96. The van der Waals surface area contributed by atoms with Gasteiger partial charge in [0.1, 0.15) is 5.82 Å². The first kappa shape index (κ1) is 11.7. The van der Waals surface area contributed by atoms with Gasteiger partial charge in [-0.05, 0) is 41.1 Å². The van der Waals surface area contributed by atoms with E-state index in [2.05, 4.69) is 33.5 Å². The molecule has 1 aromatic carbocycles. The summed E-state index contributed by atoms with van der Waals surface area (Å²) < 4.78 is 1.30. The maximum absolute atomic E-state index is 6.07. The van der Waals surface area contributed by atoms with Crippen molar-refractivity contribution < 1.29 is 0 Å².